The molecule has 0 atom stereocenters. The average Bonchev–Trinajstić information content (AvgIpc) is 2.91. The minimum atomic E-state index is 0.538. The van der Waals surface area contributed by atoms with E-state index in [1.54, 1.807) is 24.3 Å². The van der Waals surface area contributed by atoms with Gasteiger partial charge in [0.05, 0.1) is 19.1 Å². The molecular weight excluding hydrogens is 260 g/mol. The minimum Gasteiger partial charge on any atom is -0.497 e. The van der Waals surface area contributed by atoms with Crippen molar-refractivity contribution in [2.24, 2.45) is 5.10 Å². The van der Waals surface area contributed by atoms with Gasteiger partial charge in [-0.15, -0.1) is 16.6 Å². The van der Waals surface area contributed by atoms with Crippen LogP contribution in [-0.4, -0.2) is 34.0 Å². The van der Waals surface area contributed by atoms with Gasteiger partial charge in [0.25, 0.3) is 0 Å². The summed E-state index contributed by atoms with van der Waals surface area (Å²) < 4.78 is 6.68. The third-order valence-corrected chi connectivity index (χ3v) is 3.07. The molecule has 0 spiro atoms. The molecule has 0 aliphatic rings. The summed E-state index contributed by atoms with van der Waals surface area (Å²) in [5.41, 5.74) is 0.961. The minimum absolute atomic E-state index is 0.538. The molecule has 0 radical (unpaired) electrons. The van der Waals surface area contributed by atoms with Crippen LogP contribution in [0.25, 0.3) is 0 Å². The Morgan fingerprint density at radius 3 is 2.95 bits per heavy atom. The molecular formula is C13H12N4OS. The van der Waals surface area contributed by atoms with Gasteiger partial charge in [0, 0.05) is 0 Å². The lowest BCUT2D eigenvalue weighted by Gasteiger charge is -1.99. The van der Waals surface area contributed by atoms with E-state index in [1.165, 1.54) is 11.8 Å². The normalized spacial score (nSPS) is 10.5. The topological polar surface area (TPSA) is 52.3 Å². The standard InChI is InChI=1S/C13H12N4OS/c1-3-8-19-13-16-14-10-17(13)15-9-11-4-6-12(18-2)7-5-11/h1,4-7,9-10H,8H2,2H3/b15-9+. The molecule has 0 fully saturated rings. The lowest BCUT2D eigenvalue weighted by atomic mass is 10.2. The quantitative estimate of drug-likeness (QED) is 0.474. The molecule has 0 saturated carbocycles. The number of rotatable bonds is 5. The van der Waals surface area contributed by atoms with Crippen LogP contribution in [-0.2, 0) is 0 Å². The summed E-state index contributed by atoms with van der Waals surface area (Å²) in [5.74, 6) is 3.89. The largest absolute Gasteiger partial charge is 0.497 e. The predicted octanol–water partition coefficient (Wildman–Crippen LogP) is 1.89. The fourth-order valence-corrected chi connectivity index (χ4v) is 1.86. The maximum atomic E-state index is 5.21. The summed E-state index contributed by atoms with van der Waals surface area (Å²) in [6, 6.07) is 7.59. The third kappa shape index (κ3) is 3.60. The van der Waals surface area contributed by atoms with Crippen LogP contribution in [0.2, 0.25) is 0 Å². The Labute approximate surface area is 115 Å². The van der Waals surface area contributed by atoms with Crippen LogP contribution in [0.4, 0.5) is 0 Å². The molecule has 0 amide bonds. The van der Waals surface area contributed by atoms with Gasteiger partial charge < -0.3 is 4.74 Å². The van der Waals surface area contributed by atoms with Gasteiger partial charge in [-0.3, -0.25) is 0 Å². The smallest absolute Gasteiger partial charge is 0.212 e. The van der Waals surface area contributed by atoms with Crippen LogP contribution in [0.5, 0.6) is 5.75 Å². The van der Waals surface area contributed by atoms with Crippen LogP contribution in [0.1, 0.15) is 5.56 Å². The zero-order valence-electron chi connectivity index (χ0n) is 10.4. The van der Waals surface area contributed by atoms with E-state index < -0.39 is 0 Å². The highest BCUT2D eigenvalue weighted by atomic mass is 32.2. The Morgan fingerprint density at radius 1 is 1.47 bits per heavy atom. The van der Waals surface area contributed by atoms with E-state index in [-0.39, 0.29) is 0 Å². The third-order valence-electron chi connectivity index (χ3n) is 2.23. The molecule has 19 heavy (non-hydrogen) atoms. The first-order valence-electron chi connectivity index (χ1n) is 5.48. The molecule has 2 rings (SSSR count). The summed E-state index contributed by atoms with van der Waals surface area (Å²) in [5, 5.41) is 12.7. The summed E-state index contributed by atoms with van der Waals surface area (Å²) >= 11 is 1.41. The van der Waals surface area contributed by atoms with E-state index >= 15 is 0 Å². The molecule has 5 nitrogen and oxygen atoms in total. The van der Waals surface area contributed by atoms with Crippen molar-refractivity contribution in [3.63, 3.8) is 0 Å². The fourth-order valence-electron chi connectivity index (χ4n) is 1.32. The predicted molar refractivity (Wildman–Crippen MR) is 75.6 cm³/mol. The molecule has 1 heterocycles. The SMILES string of the molecule is C#CCSc1nncn1/N=C/c1ccc(OC)cc1. The van der Waals surface area contributed by atoms with Crippen LogP contribution in [0, 0.1) is 12.3 Å². The molecule has 0 saturated heterocycles. The number of thioether (sulfide) groups is 1. The average molecular weight is 272 g/mol. The number of nitrogens with zero attached hydrogens (tertiary/aromatic N) is 4. The van der Waals surface area contributed by atoms with Gasteiger partial charge in [-0.05, 0) is 29.8 Å². The van der Waals surface area contributed by atoms with Crippen molar-refractivity contribution in [3.8, 4) is 18.1 Å². The zero-order valence-corrected chi connectivity index (χ0v) is 11.2. The van der Waals surface area contributed by atoms with Gasteiger partial charge >= 0.3 is 0 Å². The molecule has 0 N–H and O–H groups in total. The van der Waals surface area contributed by atoms with Gasteiger partial charge in [0.1, 0.15) is 12.1 Å². The van der Waals surface area contributed by atoms with Gasteiger partial charge in [-0.2, -0.15) is 9.78 Å². The van der Waals surface area contributed by atoms with E-state index in [0.717, 1.165) is 11.3 Å². The van der Waals surface area contributed by atoms with E-state index in [2.05, 4.69) is 21.2 Å². The maximum absolute atomic E-state index is 5.21. The van der Waals surface area contributed by atoms with Crippen molar-refractivity contribution < 1.29 is 4.74 Å². The van der Waals surface area contributed by atoms with E-state index in [1.807, 2.05) is 24.3 Å². The van der Waals surface area contributed by atoms with Gasteiger partial charge in [-0.25, -0.2) is 0 Å². The molecule has 0 unspecified atom stereocenters. The van der Waals surface area contributed by atoms with Crippen molar-refractivity contribution in [1.82, 2.24) is 14.9 Å². The first-order chi connectivity index (χ1) is 9.33. The first kappa shape index (κ1) is 13.2. The van der Waals surface area contributed by atoms with E-state index in [0.29, 0.717) is 10.9 Å². The lowest BCUT2D eigenvalue weighted by Crippen LogP contribution is -1.92. The van der Waals surface area contributed by atoms with Gasteiger partial charge in [0.15, 0.2) is 0 Å². The van der Waals surface area contributed by atoms with Gasteiger partial charge in [-0.1, -0.05) is 17.7 Å². The highest BCUT2D eigenvalue weighted by Crippen LogP contribution is 2.14. The second-order valence-electron chi connectivity index (χ2n) is 3.47. The molecule has 6 heteroatoms. The van der Waals surface area contributed by atoms with Crippen molar-refractivity contribution in [3.05, 3.63) is 36.2 Å². The molecule has 2 aromatic rings. The number of benzene rings is 1. The number of hydrogen-bond acceptors (Lipinski definition) is 5. The van der Waals surface area contributed by atoms with Crippen LogP contribution in [0.15, 0.2) is 40.9 Å². The molecule has 0 aliphatic heterocycles. The Balaban J connectivity index is 2.09. The number of terminal acetylenes is 1. The molecule has 1 aromatic carbocycles. The maximum Gasteiger partial charge on any atom is 0.212 e. The van der Waals surface area contributed by atoms with Crippen LogP contribution >= 0.6 is 11.8 Å². The number of ether oxygens (including phenoxy) is 1. The Hall–Kier alpha value is -2.26. The van der Waals surface area contributed by atoms with Crippen molar-refractivity contribution in [1.29, 1.82) is 0 Å². The summed E-state index contributed by atoms with van der Waals surface area (Å²) in [7, 11) is 1.63. The zero-order chi connectivity index (χ0) is 13.5. The van der Waals surface area contributed by atoms with E-state index in [9.17, 15) is 0 Å². The highest BCUT2D eigenvalue weighted by Gasteiger charge is 2.01. The summed E-state index contributed by atoms with van der Waals surface area (Å²) in [4.78, 5) is 0. The van der Waals surface area contributed by atoms with Gasteiger partial charge in [0.2, 0.25) is 5.16 Å². The highest BCUT2D eigenvalue weighted by molar-refractivity contribution is 7.99. The Kier molecular flexibility index (Phi) is 4.59. The Bertz CT molecular complexity index is 598. The fraction of sp³-hybridized carbons (Fsp3) is 0.154. The molecule has 0 aliphatic carbocycles. The van der Waals surface area contributed by atoms with Crippen LogP contribution < -0.4 is 4.74 Å². The number of methoxy groups -OCH3 is 1. The summed E-state index contributed by atoms with van der Waals surface area (Å²) in [6.07, 6.45) is 8.47. The number of hydrogen-bond donors (Lipinski definition) is 0. The first-order valence-corrected chi connectivity index (χ1v) is 6.46. The second-order valence-corrected chi connectivity index (χ2v) is 4.41. The molecule has 1 aromatic heterocycles. The van der Waals surface area contributed by atoms with Crippen molar-refractivity contribution >= 4 is 18.0 Å². The molecule has 0 bridgehead atoms. The lowest BCUT2D eigenvalue weighted by molar-refractivity contribution is 0.415. The van der Waals surface area contributed by atoms with E-state index in [4.69, 9.17) is 11.2 Å². The summed E-state index contributed by atoms with van der Waals surface area (Å²) in [6.45, 7) is 0. The Morgan fingerprint density at radius 2 is 2.26 bits per heavy atom. The second kappa shape index (κ2) is 6.61. The van der Waals surface area contributed by atoms with Crippen LogP contribution in [0.3, 0.4) is 0 Å². The number of aromatic nitrogens is 3. The monoisotopic (exact) mass is 272 g/mol. The van der Waals surface area contributed by atoms with Crippen molar-refractivity contribution in [2.75, 3.05) is 12.9 Å². The molecule has 96 valence electrons. The van der Waals surface area contributed by atoms with Crippen molar-refractivity contribution in [2.45, 2.75) is 5.16 Å².